The summed E-state index contributed by atoms with van der Waals surface area (Å²) in [4.78, 5) is 0. The Morgan fingerprint density at radius 1 is 0.706 bits per heavy atom. The van der Waals surface area contributed by atoms with Crippen LogP contribution in [0.2, 0.25) is 0 Å². The Labute approximate surface area is 102 Å². The maximum Gasteiger partial charge on any atom is 0.0701 e. The van der Waals surface area contributed by atoms with E-state index in [1.54, 1.807) is 0 Å². The summed E-state index contributed by atoms with van der Waals surface area (Å²) in [6.07, 6.45) is 1.28. The average Bonchev–Trinajstić information content (AvgIpc) is 2.25. The maximum atomic E-state index is 8.36. The minimum Gasteiger partial charge on any atom is -0.394 e. The van der Waals surface area contributed by atoms with Gasteiger partial charge in [0.1, 0.15) is 0 Å². The molecule has 1 aliphatic rings. The summed E-state index contributed by atoms with van der Waals surface area (Å²) in [5, 5.41) is 16.7. The first-order chi connectivity index (χ1) is 8.41. The van der Waals surface area contributed by atoms with Gasteiger partial charge >= 0.3 is 0 Å². The van der Waals surface area contributed by atoms with E-state index in [0.29, 0.717) is 39.6 Å². The Balaban J connectivity index is 0.000000529. The van der Waals surface area contributed by atoms with Gasteiger partial charge in [-0.2, -0.15) is 0 Å². The minimum absolute atomic E-state index is 0.0413. The van der Waals surface area contributed by atoms with E-state index >= 15 is 0 Å². The van der Waals surface area contributed by atoms with Gasteiger partial charge in [0, 0.05) is 13.2 Å². The lowest BCUT2D eigenvalue weighted by atomic mass is 10.4. The smallest absolute Gasteiger partial charge is 0.0701 e. The van der Waals surface area contributed by atoms with Crippen molar-refractivity contribution in [1.29, 1.82) is 0 Å². The zero-order chi connectivity index (χ0) is 12.6. The van der Waals surface area contributed by atoms with Crippen LogP contribution in [0.3, 0.4) is 0 Å². The van der Waals surface area contributed by atoms with E-state index in [-0.39, 0.29) is 13.2 Å². The SMILES string of the molecule is C1COC1.OCCOCCOCCOCCO. The number of ether oxygens (including phenoxy) is 4. The third-order valence-corrected chi connectivity index (χ3v) is 1.79. The Morgan fingerprint density at radius 3 is 1.24 bits per heavy atom. The molecule has 0 radical (unpaired) electrons. The van der Waals surface area contributed by atoms with Gasteiger partial charge in [0.25, 0.3) is 0 Å². The zero-order valence-electron chi connectivity index (χ0n) is 10.3. The molecule has 0 aromatic carbocycles. The Kier molecular flexibility index (Phi) is 15.5. The molecule has 6 heteroatoms. The van der Waals surface area contributed by atoms with Gasteiger partial charge in [-0.05, 0) is 6.42 Å². The van der Waals surface area contributed by atoms with E-state index in [9.17, 15) is 0 Å². The van der Waals surface area contributed by atoms with Crippen molar-refractivity contribution >= 4 is 0 Å². The van der Waals surface area contributed by atoms with Crippen LogP contribution in [-0.2, 0) is 18.9 Å². The second-order valence-electron chi connectivity index (χ2n) is 3.25. The first-order valence-electron chi connectivity index (χ1n) is 5.94. The average molecular weight is 252 g/mol. The molecule has 0 bridgehead atoms. The molecule has 1 aliphatic heterocycles. The highest BCUT2D eigenvalue weighted by molar-refractivity contribution is 4.41. The van der Waals surface area contributed by atoms with Crippen molar-refractivity contribution in [3.8, 4) is 0 Å². The summed E-state index contributed by atoms with van der Waals surface area (Å²) in [7, 11) is 0. The molecule has 2 N–H and O–H groups in total. The highest BCUT2D eigenvalue weighted by Gasteiger charge is 1.94. The van der Waals surface area contributed by atoms with E-state index in [0.717, 1.165) is 13.2 Å². The van der Waals surface area contributed by atoms with Crippen molar-refractivity contribution in [2.24, 2.45) is 0 Å². The molecule has 0 spiro atoms. The highest BCUT2D eigenvalue weighted by atomic mass is 16.5. The van der Waals surface area contributed by atoms with E-state index < -0.39 is 0 Å². The molecule has 6 nitrogen and oxygen atoms in total. The van der Waals surface area contributed by atoms with E-state index in [2.05, 4.69) is 0 Å². The van der Waals surface area contributed by atoms with Crippen molar-refractivity contribution < 1.29 is 29.2 Å². The van der Waals surface area contributed by atoms with Gasteiger partial charge in [0.2, 0.25) is 0 Å². The van der Waals surface area contributed by atoms with Gasteiger partial charge in [-0.1, -0.05) is 0 Å². The van der Waals surface area contributed by atoms with Crippen LogP contribution in [-0.4, -0.2) is 76.3 Å². The van der Waals surface area contributed by atoms with Crippen LogP contribution in [0.15, 0.2) is 0 Å². The molecule has 1 heterocycles. The fraction of sp³-hybridized carbons (Fsp3) is 1.00. The van der Waals surface area contributed by atoms with E-state index in [4.69, 9.17) is 29.2 Å². The maximum absolute atomic E-state index is 8.36. The predicted molar refractivity (Wildman–Crippen MR) is 62.1 cm³/mol. The van der Waals surface area contributed by atoms with Gasteiger partial charge in [0.05, 0.1) is 52.9 Å². The molecule has 0 amide bonds. The molecule has 1 saturated heterocycles. The Bertz CT molecular complexity index is 115. The normalized spacial score (nSPS) is 13.8. The molecule has 104 valence electrons. The van der Waals surface area contributed by atoms with Crippen LogP contribution in [0, 0.1) is 0 Å². The summed E-state index contributed by atoms with van der Waals surface area (Å²) in [6.45, 7) is 4.76. The van der Waals surface area contributed by atoms with E-state index in [1.807, 2.05) is 0 Å². The van der Waals surface area contributed by atoms with Gasteiger partial charge in [-0.3, -0.25) is 0 Å². The molecule has 17 heavy (non-hydrogen) atoms. The second-order valence-corrected chi connectivity index (χ2v) is 3.25. The molecule has 0 atom stereocenters. The van der Waals surface area contributed by atoms with Crippen molar-refractivity contribution in [2.45, 2.75) is 6.42 Å². The molecule has 1 fully saturated rings. The van der Waals surface area contributed by atoms with Gasteiger partial charge in [-0.15, -0.1) is 0 Å². The number of hydrogen-bond donors (Lipinski definition) is 2. The lowest BCUT2D eigenvalue weighted by molar-refractivity contribution is 0.00230. The lowest BCUT2D eigenvalue weighted by Gasteiger charge is -2.09. The summed E-state index contributed by atoms with van der Waals surface area (Å²) >= 11 is 0. The lowest BCUT2D eigenvalue weighted by Crippen LogP contribution is -2.11. The first kappa shape index (κ1) is 16.8. The second kappa shape index (κ2) is 15.8. The minimum atomic E-state index is 0.0413. The van der Waals surface area contributed by atoms with Crippen LogP contribution < -0.4 is 0 Å². The summed E-state index contributed by atoms with van der Waals surface area (Å²) < 4.78 is 19.7. The molecular weight excluding hydrogens is 228 g/mol. The van der Waals surface area contributed by atoms with Crippen LogP contribution in [0.4, 0.5) is 0 Å². The van der Waals surface area contributed by atoms with E-state index in [1.165, 1.54) is 6.42 Å². The van der Waals surface area contributed by atoms with Gasteiger partial charge in [0.15, 0.2) is 0 Å². The molecular formula is C11H24O6. The zero-order valence-corrected chi connectivity index (χ0v) is 10.3. The molecule has 1 rings (SSSR count). The summed E-state index contributed by atoms with van der Waals surface area (Å²) in [5.41, 5.74) is 0. The largest absolute Gasteiger partial charge is 0.394 e. The van der Waals surface area contributed by atoms with Gasteiger partial charge < -0.3 is 29.2 Å². The Hall–Kier alpha value is -0.240. The molecule has 0 aromatic rings. The number of hydrogen-bond acceptors (Lipinski definition) is 6. The first-order valence-corrected chi connectivity index (χ1v) is 5.94. The third-order valence-electron chi connectivity index (χ3n) is 1.79. The Morgan fingerprint density at radius 2 is 1.00 bits per heavy atom. The van der Waals surface area contributed by atoms with Crippen molar-refractivity contribution in [3.05, 3.63) is 0 Å². The third kappa shape index (κ3) is 15.8. The number of aliphatic hydroxyl groups excluding tert-OH is 2. The number of aliphatic hydroxyl groups is 2. The highest BCUT2D eigenvalue weighted by Crippen LogP contribution is 1.93. The molecule has 0 saturated carbocycles. The topological polar surface area (TPSA) is 77.4 Å². The van der Waals surface area contributed by atoms with Gasteiger partial charge in [-0.25, -0.2) is 0 Å². The molecule has 0 aliphatic carbocycles. The summed E-state index contributed by atoms with van der Waals surface area (Å²) in [5.74, 6) is 0. The van der Waals surface area contributed by atoms with Crippen LogP contribution in [0.25, 0.3) is 0 Å². The monoisotopic (exact) mass is 252 g/mol. The van der Waals surface area contributed by atoms with Crippen molar-refractivity contribution in [3.63, 3.8) is 0 Å². The van der Waals surface area contributed by atoms with Crippen molar-refractivity contribution in [2.75, 3.05) is 66.1 Å². The summed E-state index contributed by atoms with van der Waals surface area (Å²) in [6, 6.07) is 0. The molecule has 0 unspecified atom stereocenters. The molecule has 0 aromatic heterocycles. The fourth-order valence-electron chi connectivity index (χ4n) is 0.815. The van der Waals surface area contributed by atoms with Crippen LogP contribution in [0.5, 0.6) is 0 Å². The predicted octanol–water partition coefficient (Wildman–Crippen LogP) is -0.572. The van der Waals surface area contributed by atoms with Crippen LogP contribution in [0.1, 0.15) is 6.42 Å². The van der Waals surface area contributed by atoms with Crippen molar-refractivity contribution in [1.82, 2.24) is 0 Å². The quantitative estimate of drug-likeness (QED) is 0.507. The number of rotatable bonds is 10. The van der Waals surface area contributed by atoms with Crippen LogP contribution >= 0.6 is 0 Å². The fourth-order valence-corrected chi connectivity index (χ4v) is 0.815. The standard InChI is InChI=1S/C8H18O5.C3H6O/c9-1-3-11-5-7-13-8-6-12-4-2-10;1-2-4-3-1/h9-10H,1-8H2;1-3H2.